The lowest BCUT2D eigenvalue weighted by molar-refractivity contribution is 0.0491. The fourth-order valence-electron chi connectivity index (χ4n) is 3.65. The molecule has 3 rings (SSSR count). The van der Waals surface area contributed by atoms with Gasteiger partial charge in [0.2, 0.25) is 0 Å². The number of carbonyl (C=O) groups excluding carboxylic acids is 2. The number of rotatable bonds is 2. The van der Waals surface area contributed by atoms with Crippen molar-refractivity contribution in [3.8, 4) is 0 Å². The second-order valence-corrected chi connectivity index (χ2v) is 7.56. The molecule has 7 nitrogen and oxygen atoms in total. The lowest BCUT2D eigenvalue weighted by Crippen LogP contribution is -2.42. The number of ether oxygens (including phenoxy) is 1. The molecule has 0 bridgehead atoms. The molecule has 1 aliphatic carbocycles. The van der Waals surface area contributed by atoms with Gasteiger partial charge in [-0.1, -0.05) is 0 Å². The molecule has 24 heavy (non-hydrogen) atoms. The van der Waals surface area contributed by atoms with Gasteiger partial charge in [0, 0.05) is 25.0 Å². The molecule has 2 N–H and O–H groups in total. The summed E-state index contributed by atoms with van der Waals surface area (Å²) in [6.07, 6.45) is 2.37. The third-order valence-electron chi connectivity index (χ3n) is 4.65. The van der Waals surface area contributed by atoms with Crippen LogP contribution in [0.1, 0.15) is 44.1 Å². The third-order valence-corrected chi connectivity index (χ3v) is 4.65. The van der Waals surface area contributed by atoms with Crippen LogP contribution in [0.5, 0.6) is 0 Å². The lowest BCUT2D eigenvalue weighted by Gasteiger charge is -2.24. The molecule has 132 valence electrons. The van der Waals surface area contributed by atoms with E-state index in [1.807, 2.05) is 20.8 Å². The Balaban J connectivity index is 1.61. The Morgan fingerprint density at radius 2 is 2.12 bits per heavy atom. The highest BCUT2D eigenvalue weighted by molar-refractivity contribution is 5.92. The molecule has 0 spiro atoms. The molecule has 0 unspecified atom stereocenters. The fraction of sp³-hybridized carbons (Fsp3) is 0.688. The van der Waals surface area contributed by atoms with Gasteiger partial charge in [0.1, 0.15) is 5.60 Å². The molecular formula is C16H23FN4O3. The molecule has 1 aliphatic heterocycles. The highest BCUT2D eigenvalue weighted by atomic mass is 19.1. The van der Waals surface area contributed by atoms with Gasteiger partial charge in [-0.05, 0) is 39.5 Å². The minimum absolute atomic E-state index is 0.0192. The van der Waals surface area contributed by atoms with Crippen LogP contribution in [0, 0.1) is 17.7 Å². The van der Waals surface area contributed by atoms with E-state index in [1.165, 1.54) is 0 Å². The van der Waals surface area contributed by atoms with Gasteiger partial charge in [0.25, 0.3) is 5.91 Å². The minimum atomic E-state index is -0.638. The van der Waals surface area contributed by atoms with E-state index in [1.54, 1.807) is 4.90 Å². The van der Waals surface area contributed by atoms with Gasteiger partial charge in [-0.2, -0.15) is 5.10 Å². The topological polar surface area (TPSA) is 87.3 Å². The van der Waals surface area contributed by atoms with Gasteiger partial charge in [-0.25, -0.2) is 9.18 Å². The molecule has 8 heteroatoms. The summed E-state index contributed by atoms with van der Waals surface area (Å²) in [6, 6.07) is -0.0192. The zero-order valence-electron chi connectivity index (χ0n) is 14.1. The van der Waals surface area contributed by atoms with E-state index in [2.05, 4.69) is 15.5 Å². The maximum absolute atomic E-state index is 13.5. The maximum Gasteiger partial charge on any atom is 0.407 e. The third kappa shape index (κ3) is 3.37. The first kappa shape index (κ1) is 16.7. The summed E-state index contributed by atoms with van der Waals surface area (Å²) < 4.78 is 18.8. The van der Waals surface area contributed by atoms with Crippen molar-refractivity contribution < 1.29 is 18.7 Å². The molecule has 3 atom stereocenters. The molecule has 1 saturated carbocycles. The van der Waals surface area contributed by atoms with Crippen LogP contribution in [-0.4, -0.2) is 51.8 Å². The van der Waals surface area contributed by atoms with Crippen LogP contribution in [0.2, 0.25) is 0 Å². The van der Waals surface area contributed by atoms with Crippen LogP contribution in [0.15, 0.2) is 6.20 Å². The average Bonchev–Trinajstić information content (AvgIpc) is 3.13. The van der Waals surface area contributed by atoms with Gasteiger partial charge in [-0.15, -0.1) is 0 Å². The highest BCUT2D eigenvalue weighted by Gasteiger charge is 2.45. The second-order valence-electron chi connectivity index (χ2n) is 7.56. The smallest absolute Gasteiger partial charge is 0.407 e. The molecule has 2 fully saturated rings. The average molecular weight is 338 g/mol. The molecule has 1 aromatic rings. The predicted octanol–water partition coefficient (Wildman–Crippen LogP) is 1.92. The summed E-state index contributed by atoms with van der Waals surface area (Å²) in [5.41, 5.74) is -0.649. The Morgan fingerprint density at radius 1 is 1.38 bits per heavy atom. The van der Waals surface area contributed by atoms with Crippen molar-refractivity contribution >= 4 is 12.0 Å². The Morgan fingerprint density at radius 3 is 2.75 bits per heavy atom. The Labute approximate surface area is 139 Å². The monoisotopic (exact) mass is 338 g/mol. The number of nitrogens with one attached hydrogen (secondary N) is 2. The summed E-state index contributed by atoms with van der Waals surface area (Å²) in [4.78, 5) is 26.0. The Bertz CT molecular complexity index is 640. The number of aromatic amines is 1. The first-order valence-electron chi connectivity index (χ1n) is 8.22. The van der Waals surface area contributed by atoms with E-state index in [0.717, 1.165) is 19.0 Å². The zero-order valence-corrected chi connectivity index (χ0v) is 14.1. The zero-order chi connectivity index (χ0) is 17.5. The maximum atomic E-state index is 13.5. The van der Waals surface area contributed by atoms with Gasteiger partial charge in [-0.3, -0.25) is 9.89 Å². The summed E-state index contributed by atoms with van der Waals surface area (Å²) in [7, 11) is 0. The molecule has 1 aromatic heterocycles. The number of carbonyl (C=O) groups is 2. The summed E-state index contributed by atoms with van der Waals surface area (Å²) in [5, 5.41) is 8.88. The van der Waals surface area contributed by atoms with Crippen LogP contribution >= 0.6 is 0 Å². The van der Waals surface area contributed by atoms with E-state index in [4.69, 9.17) is 4.74 Å². The first-order chi connectivity index (χ1) is 11.2. The van der Waals surface area contributed by atoms with Gasteiger partial charge >= 0.3 is 6.09 Å². The number of halogens is 1. The summed E-state index contributed by atoms with van der Waals surface area (Å²) in [5.74, 6) is -0.525. The number of hydrogen-bond donors (Lipinski definition) is 2. The predicted molar refractivity (Wildman–Crippen MR) is 83.8 cm³/mol. The number of likely N-dealkylation sites (tertiary alicyclic amines) is 1. The van der Waals surface area contributed by atoms with Gasteiger partial charge < -0.3 is 15.0 Å². The van der Waals surface area contributed by atoms with Crippen molar-refractivity contribution in [2.45, 2.75) is 45.3 Å². The molecular weight excluding hydrogens is 315 g/mol. The lowest BCUT2D eigenvalue weighted by atomic mass is 9.98. The number of amides is 2. The SMILES string of the molecule is CC(C)(C)OC(=O)N[C@@H]1CC[C@@H]2CN(C(=O)c3[nH]ncc3F)C[C@H]21. The quantitative estimate of drug-likeness (QED) is 0.862. The van der Waals surface area contributed by atoms with E-state index in [-0.39, 0.29) is 23.6 Å². The van der Waals surface area contributed by atoms with E-state index in [9.17, 15) is 14.0 Å². The van der Waals surface area contributed by atoms with E-state index in [0.29, 0.717) is 19.0 Å². The highest BCUT2D eigenvalue weighted by Crippen LogP contribution is 2.38. The van der Waals surface area contributed by atoms with Crippen LogP contribution in [-0.2, 0) is 4.74 Å². The molecule has 1 saturated heterocycles. The number of alkyl carbamates (subject to hydrolysis) is 1. The van der Waals surface area contributed by atoms with E-state index < -0.39 is 17.5 Å². The Kier molecular flexibility index (Phi) is 4.23. The summed E-state index contributed by atoms with van der Waals surface area (Å²) in [6.45, 7) is 6.54. The van der Waals surface area contributed by atoms with Gasteiger partial charge in [0.15, 0.2) is 11.5 Å². The number of hydrogen-bond acceptors (Lipinski definition) is 4. The normalized spacial score (nSPS) is 26.3. The van der Waals surface area contributed by atoms with Crippen LogP contribution in [0.3, 0.4) is 0 Å². The number of nitrogens with zero attached hydrogens (tertiary/aromatic N) is 2. The molecule has 2 aliphatic rings. The first-order valence-corrected chi connectivity index (χ1v) is 8.22. The van der Waals surface area contributed by atoms with Crippen molar-refractivity contribution in [1.29, 1.82) is 0 Å². The Hall–Kier alpha value is -2.12. The van der Waals surface area contributed by atoms with Crippen LogP contribution in [0.4, 0.5) is 9.18 Å². The number of fused-ring (bicyclic) bond motifs is 1. The number of H-pyrrole nitrogens is 1. The molecule has 2 heterocycles. The minimum Gasteiger partial charge on any atom is -0.444 e. The standard InChI is InChI=1S/C16H23FN4O3/c1-16(2,3)24-15(23)19-12-5-4-9-7-21(8-10(9)12)14(22)13-11(17)6-18-20-13/h6,9-10,12H,4-5,7-8H2,1-3H3,(H,18,20)(H,19,23)/t9-,10-,12-/m1/s1. The van der Waals surface area contributed by atoms with Crippen molar-refractivity contribution in [2.75, 3.05) is 13.1 Å². The second kappa shape index (κ2) is 6.07. The van der Waals surface area contributed by atoms with E-state index >= 15 is 0 Å². The molecule has 0 radical (unpaired) electrons. The van der Waals surface area contributed by atoms with Crippen molar-refractivity contribution in [3.05, 3.63) is 17.7 Å². The van der Waals surface area contributed by atoms with Gasteiger partial charge in [0.05, 0.1) is 6.20 Å². The van der Waals surface area contributed by atoms with Crippen molar-refractivity contribution in [2.24, 2.45) is 11.8 Å². The van der Waals surface area contributed by atoms with Crippen LogP contribution in [0.25, 0.3) is 0 Å². The fourth-order valence-corrected chi connectivity index (χ4v) is 3.65. The van der Waals surface area contributed by atoms with Crippen molar-refractivity contribution in [1.82, 2.24) is 20.4 Å². The largest absolute Gasteiger partial charge is 0.444 e. The molecule has 0 aromatic carbocycles. The molecule has 2 amide bonds. The number of aromatic nitrogens is 2. The van der Waals surface area contributed by atoms with Crippen LogP contribution < -0.4 is 5.32 Å². The van der Waals surface area contributed by atoms with Crippen molar-refractivity contribution in [3.63, 3.8) is 0 Å². The summed E-state index contributed by atoms with van der Waals surface area (Å²) >= 11 is 0.